The first-order chi connectivity index (χ1) is 13.1. The third kappa shape index (κ3) is 4.94. The molecule has 0 radical (unpaired) electrons. The number of nitrogens with zero attached hydrogens (tertiary/aromatic N) is 8. The summed E-state index contributed by atoms with van der Waals surface area (Å²) in [6.45, 7) is 0.201. The fourth-order valence-electron chi connectivity index (χ4n) is 2.21. The second-order valence-electron chi connectivity index (χ2n) is 5.90. The van der Waals surface area contributed by atoms with E-state index in [4.69, 9.17) is 4.84 Å². The van der Waals surface area contributed by atoms with Gasteiger partial charge in [-0.1, -0.05) is 41.6 Å². The molecule has 0 aliphatic rings. The number of tetrazole rings is 1. The predicted molar refractivity (Wildman–Crippen MR) is 102 cm³/mol. The summed E-state index contributed by atoms with van der Waals surface area (Å²) in [5, 5.41) is 15.8. The molecule has 3 aromatic rings. The average Bonchev–Trinajstić information content (AvgIpc) is 3.10. The number of aliphatic imine (C=N–C) groups is 1. The molecule has 0 aliphatic heterocycles. The van der Waals surface area contributed by atoms with Crippen molar-refractivity contribution in [2.24, 2.45) is 17.2 Å². The summed E-state index contributed by atoms with van der Waals surface area (Å²) in [5.41, 5.74) is 2.12. The van der Waals surface area contributed by atoms with Gasteiger partial charge in [0.1, 0.15) is 0 Å². The van der Waals surface area contributed by atoms with Crippen LogP contribution in [0.15, 0.2) is 58.7 Å². The van der Waals surface area contributed by atoms with Crippen molar-refractivity contribution in [1.29, 1.82) is 0 Å². The summed E-state index contributed by atoms with van der Waals surface area (Å²) < 4.78 is 1.55. The van der Waals surface area contributed by atoms with Crippen LogP contribution in [0.3, 0.4) is 0 Å². The van der Waals surface area contributed by atoms with E-state index in [9.17, 15) is 0 Å². The first-order valence-corrected chi connectivity index (χ1v) is 8.28. The summed E-state index contributed by atoms with van der Waals surface area (Å²) in [5.74, 6) is 1.12. The maximum Gasteiger partial charge on any atom is 0.204 e. The van der Waals surface area contributed by atoms with Gasteiger partial charge in [-0.2, -0.15) is 0 Å². The van der Waals surface area contributed by atoms with Gasteiger partial charge in [0.2, 0.25) is 5.82 Å². The van der Waals surface area contributed by atoms with Gasteiger partial charge < -0.3 is 9.74 Å². The molecule has 0 N–H and O–H groups in total. The highest BCUT2D eigenvalue weighted by molar-refractivity contribution is 6.10. The summed E-state index contributed by atoms with van der Waals surface area (Å²) in [7, 11) is 5.55. The van der Waals surface area contributed by atoms with E-state index in [-0.39, 0.29) is 6.61 Å². The minimum absolute atomic E-state index is 0.201. The number of hydrogen-bond acceptors (Lipinski definition) is 7. The summed E-state index contributed by atoms with van der Waals surface area (Å²) in [6.07, 6.45) is 1.69. The van der Waals surface area contributed by atoms with Crippen LogP contribution in [0.5, 0.6) is 0 Å². The third-order valence-electron chi connectivity index (χ3n) is 3.46. The number of pyridine rings is 1. The van der Waals surface area contributed by atoms with E-state index in [1.54, 1.807) is 18.1 Å². The number of benzene rings is 1. The maximum absolute atomic E-state index is 5.55. The molecule has 9 heteroatoms. The number of hydrogen-bond donors (Lipinski definition) is 0. The molecule has 2 heterocycles. The molecule has 0 atom stereocenters. The highest BCUT2D eigenvalue weighted by atomic mass is 16.6. The second kappa shape index (κ2) is 8.65. The molecule has 0 unspecified atom stereocenters. The Morgan fingerprint density at radius 3 is 2.67 bits per heavy atom. The molecule has 0 spiro atoms. The van der Waals surface area contributed by atoms with Crippen LogP contribution in [-0.2, 0) is 18.5 Å². The van der Waals surface area contributed by atoms with Crippen molar-refractivity contribution in [2.75, 3.05) is 14.1 Å². The predicted octanol–water partition coefficient (Wildman–Crippen LogP) is 1.80. The summed E-state index contributed by atoms with van der Waals surface area (Å²) in [6, 6.07) is 15.2. The van der Waals surface area contributed by atoms with Crippen LogP contribution in [0, 0.1) is 0 Å². The van der Waals surface area contributed by atoms with Crippen LogP contribution in [0.2, 0.25) is 0 Å². The molecule has 0 saturated carbocycles. The Morgan fingerprint density at radius 2 is 1.96 bits per heavy atom. The van der Waals surface area contributed by atoms with Crippen molar-refractivity contribution >= 4 is 17.9 Å². The highest BCUT2D eigenvalue weighted by Gasteiger charge is 2.14. The Morgan fingerprint density at radius 1 is 1.15 bits per heavy atom. The molecule has 3 rings (SSSR count). The molecular weight excluding hydrogens is 344 g/mol. The average molecular weight is 364 g/mol. The van der Waals surface area contributed by atoms with Crippen molar-refractivity contribution in [3.63, 3.8) is 0 Å². The van der Waals surface area contributed by atoms with Crippen molar-refractivity contribution in [2.45, 2.75) is 6.61 Å². The monoisotopic (exact) mass is 364 g/mol. The van der Waals surface area contributed by atoms with Crippen LogP contribution in [0.4, 0.5) is 5.82 Å². The zero-order valence-electron chi connectivity index (χ0n) is 15.4. The standard InChI is InChI=1S/C18H20N8O/c1-25(2)13-19-16-11-7-10-15(20-16)12-27-22-17(14-8-5-4-6-9-14)18-21-23-24-26(18)3/h4-11,13H,12H2,1-3H3/b19-13?,22-17-. The van der Waals surface area contributed by atoms with Crippen LogP contribution >= 0.6 is 0 Å². The molecule has 0 aliphatic carbocycles. The fraction of sp³-hybridized carbons (Fsp3) is 0.222. The van der Waals surface area contributed by atoms with E-state index < -0.39 is 0 Å². The first-order valence-electron chi connectivity index (χ1n) is 8.28. The zero-order valence-corrected chi connectivity index (χ0v) is 15.4. The Labute approximate surface area is 157 Å². The molecule has 0 bridgehead atoms. The molecule has 0 saturated heterocycles. The Bertz CT molecular complexity index is 933. The minimum Gasteiger partial charge on any atom is -0.389 e. The van der Waals surface area contributed by atoms with Crippen molar-refractivity contribution in [3.8, 4) is 0 Å². The third-order valence-corrected chi connectivity index (χ3v) is 3.46. The molecule has 138 valence electrons. The van der Waals surface area contributed by atoms with E-state index in [1.165, 1.54) is 0 Å². The summed E-state index contributed by atoms with van der Waals surface area (Å²) >= 11 is 0. The van der Waals surface area contributed by atoms with E-state index in [0.29, 0.717) is 17.4 Å². The normalized spacial score (nSPS) is 11.7. The van der Waals surface area contributed by atoms with Gasteiger partial charge in [-0.05, 0) is 22.6 Å². The van der Waals surface area contributed by atoms with Gasteiger partial charge in [0, 0.05) is 26.7 Å². The number of rotatable bonds is 7. The maximum atomic E-state index is 5.55. The van der Waals surface area contributed by atoms with Crippen LogP contribution in [0.1, 0.15) is 17.1 Å². The van der Waals surface area contributed by atoms with Crippen LogP contribution in [0.25, 0.3) is 0 Å². The molecular formula is C18H20N8O. The Hall–Kier alpha value is -3.62. The fourth-order valence-corrected chi connectivity index (χ4v) is 2.21. The van der Waals surface area contributed by atoms with Crippen LogP contribution < -0.4 is 0 Å². The first kappa shape index (κ1) is 18.2. The Balaban J connectivity index is 1.78. The lowest BCUT2D eigenvalue weighted by Gasteiger charge is -2.06. The lowest BCUT2D eigenvalue weighted by atomic mass is 10.1. The molecule has 0 amide bonds. The van der Waals surface area contributed by atoms with Gasteiger partial charge in [0.15, 0.2) is 18.1 Å². The number of aryl methyl sites for hydroxylation is 1. The molecule has 0 fully saturated rings. The topological polar surface area (TPSA) is 93.7 Å². The van der Waals surface area contributed by atoms with Crippen molar-refractivity contribution < 1.29 is 4.84 Å². The van der Waals surface area contributed by atoms with Gasteiger partial charge in [0.25, 0.3) is 0 Å². The Kier molecular flexibility index (Phi) is 5.83. The zero-order chi connectivity index (χ0) is 19.1. The van der Waals surface area contributed by atoms with Crippen molar-refractivity contribution in [3.05, 3.63) is 65.6 Å². The lowest BCUT2D eigenvalue weighted by molar-refractivity contribution is 0.128. The molecule has 27 heavy (non-hydrogen) atoms. The number of oxime groups is 1. The quantitative estimate of drug-likeness (QED) is 0.360. The van der Waals surface area contributed by atoms with Gasteiger partial charge in [0.05, 0.1) is 12.0 Å². The van der Waals surface area contributed by atoms with Gasteiger partial charge in [-0.3, -0.25) is 0 Å². The largest absolute Gasteiger partial charge is 0.389 e. The second-order valence-corrected chi connectivity index (χ2v) is 5.90. The highest BCUT2D eigenvalue weighted by Crippen LogP contribution is 2.11. The van der Waals surface area contributed by atoms with E-state index in [1.807, 2.05) is 67.5 Å². The molecule has 9 nitrogen and oxygen atoms in total. The minimum atomic E-state index is 0.201. The van der Waals surface area contributed by atoms with Gasteiger partial charge in [-0.15, -0.1) is 5.10 Å². The van der Waals surface area contributed by atoms with Crippen LogP contribution in [-0.4, -0.2) is 56.2 Å². The van der Waals surface area contributed by atoms with Crippen molar-refractivity contribution in [1.82, 2.24) is 30.1 Å². The van der Waals surface area contributed by atoms with Gasteiger partial charge >= 0.3 is 0 Å². The number of aromatic nitrogens is 5. The molecule has 2 aromatic heterocycles. The SMILES string of the molecule is CN(C)C=Nc1cccc(CO/N=C(/c2ccccc2)c2nnnn2C)n1. The summed E-state index contributed by atoms with van der Waals surface area (Å²) in [4.78, 5) is 16.1. The van der Waals surface area contributed by atoms with E-state index >= 15 is 0 Å². The lowest BCUT2D eigenvalue weighted by Crippen LogP contribution is -2.12. The van der Waals surface area contributed by atoms with Gasteiger partial charge in [-0.25, -0.2) is 14.7 Å². The van der Waals surface area contributed by atoms with E-state index in [0.717, 1.165) is 11.3 Å². The van der Waals surface area contributed by atoms with E-state index in [2.05, 4.69) is 30.7 Å². The smallest absolute Gasteiger partial charge is 0.204 e. The molecule has 1 aromatic carbocycles.